The summed E-state index contributed by atoms with van der Waals surface area (Å²) in [4.78, 5) is 12.7. The fraction of sp³-hybridized carbons (Fsp3) is 0.640. The number of nitrogens with one attached hydrogen (secondary N) is 1. The molecule has 1 saturated carbocycles. The zero-order valence-corrected chi connectivity index (χ0v) is 19.0. The number of ether oxygens (including phenoxy) is 3. The van der Waals surface area contributed by atoms with Gasteiger partial charge in [0.1, 0.15) is 6.10 Å². The molecule has 0 aromatic heterocycles. The van der Waals surface area contributed by atoms with Crippen LogP contribution in [-0.2, 0) is 16.0 Å². The summed E-state index contributed by atoms with van der Waals surface area (Å²) in [5.41, 5.74) is 2.15. The van der Waals surface area contributed by atoms with Crippen LogP contribution in [0.1, 0.15) is 38.7 Å². The Balaban J connectivity index is 1.39. The highest BCUT2D eigenvalue weighted by atomic mass is 16.6. The molecule has 1 aromatic rings. The highest BCUT2D eigenvalue weighted by Gasteiger charge is 2.59. The molecule has 3 aliphatic rings. The summed E-state index contributed by atoms with van der Waals surface area (Å²) < 4.78 is 16.4. The van der Waals surface area contributed by atoms with Crippen molar-refractivity contribution < 1.29 is 24.1 Å². The van der Waals surface area contributed by atoms with Crippen LogP contribution in [0.5, 0.6) is 11.5 Å². The van der Waals surface area contributed by atoms with Crippen LogP contribution >= 0.6 is 0 Å². The highest BCUT2D eigenvalue weighted by molar-refractivity contribution is 5.76. The molecule has 0 bridgehead atoms. The average Bonchev–Trinajstić information content (AvgIpc) is 3.08. The van der Waals surface area contributed by atoms with Crippen LogP contribution in [0.2, 0.25) is 0 Å². The number of aliphatic hydroxyl groups excluding tert-OH is 1. The number of esters is 1. The molecule has 4 rings (SSSR count). The Labute approximate surface area is 185 Å². The van der Waals surface area contributed by atoms with E-state index in [-0.39, 0.29) is 29.3 Å². The largest absolute Gasteiger partial charge is 0.493 e. The van der Waals surface area contributed by atoms with Crippen LogP contribution in [0.4, 0.5) is 0 Å². The predicted molar refractivity (Wildman–Crippen MR) is 118 cm³/mol. The number of benzene rings is 1. The van der Waals surface area contributed by atoms with E-state index in [9.17, 15) is 9.90 Å². The smallest absolute Gasteiger partial charge is 0.311 e. The lowest BCUT2D eigenvalue weighted by atomic mass is 9.55. The Kier molecular flexibility index (Phi) is 6.31. The molecule has 2 fully saturated rings. The average molecular weight is 430 g/mol. The molecule has 2 aliphatic carbocycles. The molecule has 1 saturated heterocycles. The highest BCUT2D eigenvalue weighted by Crippen LogP contribution is 2.55. The van der Waals surface area contributed by atoms with Gasteiger partial charge in [-0.25, -0.2) is 0 Å². The first-order chi connectivity index (χ1) is 14.9. The van der Waals surface area contributed by atoms with Crippen molar-refractivity contribution in [1.82, 2.24) is 5.32 Å². The van der Waals surface area contributed by atoms with Crippen LogP contribution < -0.4 is 14.8 Å². The minimum absolute atomic E-state index is 0.149. The Morgan fingerprint density at radius 1 is 1.26 bits per heavy atom. The number of allylic oxidation sites excluding steroid dienone is 1. The summed E-state index contributed by atoms with van der Waals surface area (Å²) >= 11 is 0. The van der Waals surface area contributed by atoms with E-state index in [4.69, 9.17) is 14.2 Å². The Morgan fingerprint density at radius 2 is 2.03 bits per heavy atom. The minimum atomic E-state index is -0.558. The van der Waals surface area contributed by atoms with Gasteiger partial charge in [-0.05, 0) is 49.4 Å². The molecule has 1 heterocycles. The van der Waals surface area contributed by atoms with Crippen molar-refractivity contribution in [3.63, 3.8) is 0 Å². The van der Waals surface area contributed by atoms with Crippen molar-refractivity contribution in [2.75, 3.05) is 27.3 Å². The van der Waals surface area contributed by atoms with Crippen LogP contribution in [0.3, 0.4) is 0 Å². The number of fused-ring (bicyclic) bond motifs is 2. The van der Waals surface area contributed by atoms with E-state index in [1.807, 2.05) is 18.2 Å². The van der Waals surface area contributed by atoms with Crippen LogP contribution in [0, 0.1) is 23.2 Å². The lowest BCUT2D eigenvalue weighted by molar-refractivity contribution is -0.144. The van der Waals surface area contributed by atoms with E-state index in [0.717, 1.165) is 37.8 Å². The Morgan fingerprint density at radius 3 is 2.77 bits per heavy atom. The Bertz CT molecular complexity index is 852. The SMILES string of the molecule is COc1ccc(CCNC[C@@H]2C(=O)O[C@@H]3CC4=CCC[C@@H](C)[C@@]4(C)[C@@H](O)[C@H]23)cc1OC. The van der Waals surface area contributed by atoms with Gasteiger partial charge in [0.25, 0.3) is 0 Å². The lowest BCUT2D eigenvalue weighted by Crippen LogP contribution is -2.54. The van der Waals surface area contributed by atoms with Crippen molar-refractivity contribution in [2.45, 2.75) is 51.7 Å². The third-order valence-electron chi connectivity index (χ3n) is 7.97. The van der Waals surface area contributed by atoms with Crippen molar-refractivity contribution in [1.29, 1.82) is 0 Å². The molecule has 31 heavy (non-hydrogen) atoms. The summed E-state index contributed by atoms with van der Waals surface area (Å²) in [7, 11) is 3.26. The van der Waals surface area contributed by atoms with Crippen molar-refractivity contribution in [3.05, 3.63) is 35.4 Å². The van der Waals surface area contributed by atoms with Gasteiger partial charge in [-0.2, -0.15) is 0 Å². The van der Waals surface area contributed by atoms with Crippen LogP contribution in [0.15, 0.2) is 29.8 Å². The molecule has 0 radical (unpaired) electrons. The van der Waals surface area contributed by atoms with Gasteiger partial charge in [0.15, 0.2) is 11.5 Å². The number of carbonyl (C=O) groups excluding carboxylic acids is 1. The lowest BCUT2D eigenvalue weighted by Gasteiger charge is -2.51. The van der Waals surface area contributed by atoms with Crippen molar-refractivity contribution in [3.8, 4) is 11.5 Å². The quantitative estimate of drug-likeness (QED) is 0.394. The topological polar surface area (TPSA) is 77.0 Å². The molecule has 0 unspecified atom stereocenters. The maximum atomic E-state index is 12.7. The summed E-state index contributed by atoms with van der Waals surface area (Å²) in [5.74, 6) is 1.19. The van der Waals surface area contributed by atoms with Gasteiger partial charge in [-0.1, -0.05) is 31.6 Å². The van der Waals surface area contributed by atoms with E-state index < -0.39 is 6.10 Å². The van der Waals surface area contributed by atoms with E-state index in [0.29, 0.717) is 24.0 Å². The van der Waals surface area contributed by atoms with Gasteiger partial charge in [0.05, 0.1) is 26.2 Å². The van der Waals surface area contributed by atoms with Crippen molar-refractivity contribution >= 4 is 5.97 Å². The van der Waals surface area contributed by atoms with Crippen LogP contribution in [-0.4, -0.2) is 50.6 Å². The number of hydrogen-bond acceptors (Lipinski definition) is 6. The molecule has 0 amide bonds. The normalized spacial score (nSPS) is 34.4. The first kappa shape index (κ1) is 22.2. The van der Waals surface area contributed by atoms with Gasteiger partial charge < -0.3 is 24.6 Å². The fourth-order valence-corrected chi connectivity index (χ4v) is 5.82. The second-order valence-corrected chi connectivity index (χ2v) is 9.44. The maximum absolute atomic E-state index is 12.7. The first-order valence-corrected chi connectivity index (χ1v) is 11.4. The van der Waals surface area contributed by atoms with Gasteiger partial charge in [-0.15, -0.1) is 0 Å². The van der Waals surface area contributed by atoms with E-state index in [2.05, 4.69) is 25.2 Å². The monoisotopic (exact) mass is 429 g/mol. The standard InChI is InChI=1S/C25H35NO5/c1-15-6-5-7-17-13-21-22(23(27)25(15,17)2)18(24(28)31-21)14-26-11-10-16-8-9-19(29-3)20(12-16)30-4/h7-9,12,15,18,21-23,26-27H,5-6,10-11,13-14H2,1-4H3/t15-,18+,21-,22-,23+,25-/m1/s1. The Hall–Kier alpha value is -2.05. The third kappa shape index (κ3) is 3.85. The molecule has 2 N–H and O–H groups in total. The molecule has 0 spiro atoms. The summed E-state index contributed by atoms with van der Waals surface area (Å²) in [6.07, 6.45) is 5.20. The molecular formula is C25H35NO5. The number of methoxy groups -OCH3 is 2. The van der Waals surface area contributed by atoms with Gasteiger partial charge in [0.2, 0.25) is 0 Å². The number of carbonyl (C=O) groups is 1. The second-order valence-electron chi connectivity index (χ2n) is 9.44. The molecule has 6 atom stereocenters. The number of aliphatic hydroxyl groups is 1. The maximum Gasteiger partial charge on any atom is 0.311 e. The van der Waals surface area contributed by atoms with Gasteiger partial charge >= 0.3 is 5.97 Å². The second kappa shape index (κ2) is 8.83. The molecule has 170 valence electrons. The third-order valence-corrected chi connectivity index (χ3v) is 7.97. The first-order valence-electron chi connectivity index (χ1n) is 11.4. The van der Waals surface area contributed by atoms with Gasteiger partial charge in [0, 0.05) is 24.3 Å². The number of hydrogen-bond donors (Lipinski definition) is 2. The predicted octanol–water partition coefficient (Wildman–Crippen LogP) is 3.12. The van der Waals surface area contributed by atoms with Crippen LogP contribution in [0.25, 0.3) is 0 Å². The molecule has 1 aromatic carbocycles. The molecular weight excluding hydrogens is 394 g/mol. The number of rotatable bonds is 7. The zero-order chi connectivity index (χ0) is 22.2. The minimum Gasteiger partial charge on any atom is -0.493 e. The van der Waals surface area contributed by atoms with Crippen molar-refractivity contribution in [2.24, 2.45) is 23.2 Å². The molecule has 6 nitrogen and oxygen atoms in total. The van der Waals surface area contributed by atoms with E-state index >= 15 is 0 Å². The zero-order valence-electron chi connectivity index (χ0n) is 19.0. The summed E-state index contributed by atoms with van der Waals surface area (Å²) in [6.45, 7) is 5.65. The summed E-state index contributed by atoms with van der Waals surface area (Å²) in [5, 5.41) is 14.8. The fourth-order valence-electron chi connectivity index (χ4n) is 5.82. The summed E-state index contributed by atoms with van der Waals surface area (Å²) in [6, 6.07) is 5.90. The van der Waals surface area contributed by atoms with E-state index in [1.54, 1.807) is 14.2 Å². The molecule has 6 heteroatoms. The van der Waals surface area contributed by atoms with E-state index in [1.165, 1.54) is 5.57 Å². The van der Waals surface area contributed by atoms with Gasteiger partial charge in [-0.3, -0.25) is 4.79 Å². The molecule has 1 aliphatic heterocycles.